The lowest BCUT2D eigenvalue weighted by atomic mass is 10.0. The molecule has 0 N–H and O–H groups in total. The monoisotopic (exact) mass is 307 g/mol. The molecule has 3 rings (SSSR count). The van der Waals surface area contributed by atoms with Crippen molar-refractivity contribution in [3.63, 3.8) is 0 Å². The minimum Gasteiger partial charge on any atom is -0.489 e. The van der Waals surface area contributed by atoms with Gasteiger partial charge in [0.25, 0.3) is 0 Å². The van der Waals surface area contributed by atoms with Crippen molar-refractivity contribution in [3.8, 4) is 5.75 Å². The minimum atomic E-state index is 0.592. The molecule has 0 unspecified atom stereocenters. The summed E-state index contributed by atoms with van der Waals surface area (Å²) in [6.07, 6.45) is 0.777. The van der Waals surface area contributed by atoms with E-state index in [4.69, 9.17) is 4.74 Å². The maximum absolute atomic E-state index is 6.10. The van der Waals surface area contributed by atoms with Crippen LogP contribution in [0.2, 0.25) is 0 Å². The van der Waals surface area contributed by atoms with E-state index < -0.39 is 0 Å². The van der Waals surface area contributed by atoms with Crippen LogP contribution < -0.4 is 4.74 Å². The van der Waals surface area contributed by atoms with Gasteiger partial charge in [-0.2, -0.15) is 5.11 Å². The number of ether oxygens (including phenoxy) is 1. The molecule has 23 heavy (non-hydrogen) atoms. The van der Waals surface area contributed by atoms with Crippen molar-refractivity contribution in [2.45, 2.75) is 33.8 Å². The van der Waals surface area contributed by atoms with E-state index in [1.165, 1.54) is 22.3 Å². The summed E-state index contributed by atoms with van der Waals surface area (Å²) in [4.78, 5) is 0. The highest BCUT2D eigenvalue weighted by Crippen LogP contribution is 2.24. The summed E-state index contributed by atoms with van der Waals surface area (Å²) < 4.78 is 6.10. The molecule has 2 aromatic rings. The van der Waals surface area contributed by atoms with Crippen LogP contribution in [-0.2, 0) is 13.0 Å². The lowest BCUT2D eigenvalue weighted by Gasteiger charge is -2.15. The van der Waals surface area contributed by atoms with Crippen molar-refractivity contribution in [2.24, 2.45) is 15.4 Å². The van der Waals surface area contributed by atoms with Crippen LogP contribution >= 0.6 is 0 Å². The Morgan fingerprint density at radius 3 is 2.43 bits per heavy atom. The molecule has 1 aliphatic heterocycles. The lowest BCUT2D eigenvalue weighted by molar-refractivity contribution is 0.302. The molecule has 1 aliphatic rings. The van der Waals surface area contributed by atoms with E-state index in [1.54, 1.807) is 0 Å². The van der Waals surface area contributed by atoms with Crippen LogP contribution in [0.5, 0.6) is 5.75 Å². The van der Waals surface area contributed by atoms with Gasteiger partial charge in [-0.3, -0.25) is 0 Å². The van der Waals surface area contributed by atoms with Gasteiger partial charge >= 0.3 is 0 Å². The first kappa shape index (κ1) is 15.4. The molecule has 0 radical (unpaired) electrons. The van der Waals surface area contributed by atoms with Crippen LogP contribution in [0.15, 0.2) is 51.8 Å². The average molecular weight is 307 g/mol. The quantitative estimate of drug-likeness (QED) is 0.799. The number of aryl methyl sites for hydroxylation is 2. The largest absolute Gasteiger partial charge is 0.489 e. The maximum atomic E-state index is 6.10. The molecular weight excluding hydrogens is 286 g/mol. The van der Waals surface area contributed by atoms with Crippen LogP contribution in [-0.4, -0.2) is 12.3 Å². The van der Waals surface area contributed by atoms with Crippen molar-refractivity contribution in [3.05, 3.63) is 64.2 Å². The third-order valence-electron chi connectivity index (χ3n) is 4.31. The van der Waals surface area contributed by atoms with Gasteiger partial charge in [-0.05, 0) is 59.9 Å². The molecule has 0 saturated heterocycles. The number of hydrogen-bond acceptors (Lipinski definition) is 4. The van der Waals surface area contributed by atoms with Gasteiger partial charge < -0.3 is 4.74 Å². The number of hydrogen-bond donors (Lipinski definition) is 0. The Morgan fingerprint density at radius 2 is 1.74 bits per heavy atom. The molecule has 0 bridgehead atoms. The summed E-state index contributed by atoms with van der Waals surface area (Å²) in [6, 6.07) is 12.5. The molecule has 1 heterocycles. The molecule has 0 amide bonds. The molecule has 0 spiro atoms. The molecule has 0 aliphatic carbocycles. The van der Waals surface area contributed by atoms with Gasteiger partial charge in [-0.1, -0.05) is 30.3 Å². The van der Waals surface area contributed by atoms with Crippen molar-refractivity contribution in [1.82, 2.24) is 0 Å². The second kappa shape index (κ2) is 6.73. The van der Waals surface area contributed by atoms with Crippen LogP contribution in [0.25, 0.3) is 0 Å². The fraction of sp³-hybridized carbons (Fsp3) is 0.316. The van der Waals surface area contributed by atoms with E-state index in [0.29, 0.717) is 13.2 Å². The van der Waals surface area contributed by atoms with Gasteiger partial charge in [-0.25, -0.2) is 0 Å². The first-order chi connectivity index (χ1) is 11.1. The zero-order valence-electron chi connectivity index (χ0n) is 13.8. The highest BCUT2D eigenvalue weighted by atomic mass is 16.5. The Morgan fingerprint density at radius 1 is 1.00 bits per heavy atom. The third-order valence-corrected chi connectivity index (χ3v) is 4.31. The van der Waals surface area contributed by atoms with Crippen LogP contribution in [0.4, 0.5) is 0 Å². The molecule has 0 aromatic heterocycles. The fourth-order valence-corrected chi connectivity index (χ4v) is 2.79. The van der Waals surface area contributed by atoms with E-state index in [0.717, 1.165) is 23.4 Å². The fourth-order valence-electron chi connectivity index (χ4n) is 2.79. The molecular formula is C19H21N3O. The number of nitrogens with zero attached hydrogens (tertiary/aromatic N) is 3. The minimum absolute atomic E-state index is 0.592. The Bertz CT molecular complexity index is 758. The summed E-state index contributed by atoms with van der Waals surface area (Å²) in [5.74, 6) is 0.928. The highest BCUT2D eigenvalue weighted by Gasteiger charge is 2.11. The SMILES string of the molecule is Cc1cccc(C)c1COc1cccc(CC2=NN=NC2)c1C. The lowest BCUT2D eigenvalue weighted by Crippen LogP contribution is -2.07. The number of rotatable bonds is 5. The predicted octanol–water partition coefficient (Wildman–Crippen LogP) is 4.56. The third kappa shape index (κ3) is 3.47. The van der Waals surface area contributed by atoms with E-state index in [-0.39, 0.29) is 0 Å². The molecule has 0 saturated carbocycles. The Labute approximate surface area is 136 Å². The predicted molar refractivity (Wildman–Crippen MR) is 92.3 cm³/mol. The van der Waals surface area contributed by atoms with Crippen molar-refractivity contribution in [2.75, 3.05) is 6.54 Å². The van der Waals surface area contributed by atoms with Crippen LogP contribution in [0, 0.1) is 20.8 Å². The molecule has 4 heteroatoms. The summed E-state index contributed by atoms with van der Waals surface area (Å²) in [5.41, 5.74) is 7.17. The van der Waals surface area contributed by atoms with E-state index in [9.17, 15) is 0 Å². The smallest absolute Gasteiger partial charge is 0.123 e. The molecule has 2 aromatic carbocycles. The van der Waals surface area contributed by atoms with Crippen molar-refractivity contribution < 1.29 is 4.74 Å². The van der Waals surface area contributed by atoms with E-state index in [1.807, 2.05) is 12.1 Å². The summed E-state index contributed by atoms with van der Waals surface area (Å²) in [7, 11) is 0. The average Bonchev–Trinajstić information content (AvgIpc) is 3.03. The van der Waals surface area contributed by atoms with Crippen molar-refractivity contribution >= 4 is 5.71 Å². The van der Waals surface area contributed by atoms with Gasteiger partial charge in [0, 0.05) is 6.42 Å². The van der Waals surface area contributed by atoms with E-state index >= 15 is 0 Å². The second-order valence-electron chi connectivity index (χ2n) is 5.93. The van der Waals surface area contributed by atoms with Gasteiger partial charge in [0.1, 0.15) is 18.9 Å². The highest BCUT2D eigenvalue weighted by molar-refractivity contribution is 5.89. The van der Waals surface area contributed by atoms with E-state index in [2.05, 4.69) is 60.5 Å². The Hall–Kier alpha value is -2.49. The second-order valence-corrected chi connectivity index (χ2v) is 5.93. The Kier molecular flexibility index (Phi) is 4.51. The Balaban J connectivity index is 1.75. The summed E-state index contributed by atoms with van der Waals surface area (Å²) in [6.45, 7) is 7.54. The zero-order valence-corrected chi connectivity index (χ0v) is 13.8. The summed E-state index contributed by atoms with van der Waals surface area (Å²) in [5, 5.41) is 11.6. The summed E-state index contributed by atoms with van der Waals surface area (Å²) >= 11 is 0. The topological polar surface area (TPSA) is 46.3 Å². The van der Waals surface area contributed by atoms with Crippen LogP contribution in [0.3, 0.4) is 0 Å². The van der Waals surface area contributed by atoms with Crippen molar-refractivity contribution in [1.29, 1.82) is 0 Å². The molecule has 118 valence electrons. The first-order valence-corrected chi connectivity index (χ1v) is 7.83. The molecule has 0 fully saturated rings. The number of benzene rings is 2. The zero-order chi connectivity index (χ0) is 16.2. The molecule has 4 nitrogen and oxygen atoms in total. The van der Waals surface area contributed by atoms with Crippen LogP contribution in [0.1, 0.15) is 27.8 Å². The van der Waals surface area contributed by atoms with Gasteiger partial charge in [-0.15, -0.1) is 5.10 Å². The van der Waals surface area contributed by atoms with Gasteiger partial charge in [0.2, 0.25) is 0 Å². The van der Waals surface area contributed by atoms with Gasteiger partial charge in [0.05, 0.1) is 5.71 Å². The molecule has 0 atom stereocenters. The van der Waals surface area contributed by atoms with Gasteiger partial charge in [0.15, 0.2) is 0 Å². The normalized spacial score (nSPS) is 13.3. The standard InChI is InChI=1S/C19H21N3O/c1-13-6-4-7-14(2)18(13)12-23-19-9-5-8-16(15(19)3)10-17-11-20-22-21-17/h4-9H,10-12H2,1-3H3. The first-order valence-electron chi connectivity index (χ1n) is 7.83. The maximum Gasteiger partial charge on any atom is 0.123 e.